The monoisotopic (exact) mass is 584 g/mol. The Morgan fingerprint density at radius 3 is 2.30 bits per heavy atom. The van der Waals surface area contributed by atoms with E-state index in [4.69, 9.17) is 40.5 Å². The van der Waals surface area contributed by atoms with Crippen molar-refractivity contribution < 1.29 is 22.8 Å². The third-order valence-electron chi connectivity index (χ3n) is 6.50. The third kappa shape index (κ3) is 4.70. The molecule has 37 heavy (non-hydrogen) atoms. The van der Waals surface area contributed by atoms with E-state index in [2.05, 4.69) is 6.42 Å². The number of carbonyl (C=O) groups is 3. The quantitative estimate of drug-likeness (QED) is 0.559. The second kappa shape index (κ2) is 10.1. The predicted octanol–water partition coefficient (Wildman–Crippen LogP) is 2.60. The van der Waals surface area contributed by atoms with Gasteiger partial charge in [0.05, 0.1) is 18.0 Å². The Bertz CT molecular complexity index is 1370. The fourth-order valence-electron chi connectivity index (χ4n) is 4.68. The first kappa shape index (κ1) is 27.7. The minimum Gasteiger partial charge on any atom is -0.366 e. The highest BCUT2D eigenvalue weighted by atomic mass is 35.5. The SMILES string of the molecule is CC(C)N1CC2(C(N)=O)N(C(=O)[C]CN2S(=O)(=O)c2ccc(Cl)cc2Cl)C(Cc2ccc(Cl)cc2)C1=O. The number of rotatable bonds is 6. The van der Waals surface area contributed by atoms with E-state index in [1.807, 2.05) is 0 Å². The second-order valence-corrected chi connectivity index (χ2v) is 12.1. The lowest BCUT2D eigenvalue weighted by atomic mass is 9.90. The minimum absolute atomic E-state index is 0.0166. The van der Waals surface area contributed by atoms with Gasteiger partial charge in [0, 0.05) is 29.1 Å². The van der Waals surface area contributed by atoms with Crippen LogP contribution in [-0.2, 0) is 30.8 Å². The first-order chi connectivity index (χ1) is 17.3. The van der Waals surface area contributed by atoms with Crippen molar-refractivity contribution in [1.82, 2.24) is 14.1 Å². The predicted molar refractivity (Wildman–Crippen MR) is 138 cm³/mol. The first-order valence-electron chi connectivity index (χ1n) is 11.2. The molecule has 2 fully saturated rings. The molecule has 196 valence electrons. The smallest absolute Gasteiger partial charge is 0.261 e. The molecule has 2 N–H and O–H groups in total. The molecule has 0 bridgehead atoms. The summed E-state index contributed by atoms with van der Waals surface area (Å²) in [4.78, 5) is 42.2. The van der Waals surface area contributed by atoms with Gasteiger partial charge in [-0.05, 0) is 49.7 Å². The highest BCUT2D eigenvalue weighted by molar-refractivity contribution is 7.89. The Kier molecular flexibility index (Phi) is 7.53. The molecule has 0 spiro atoms. The maximum absolute atomic E-state index is 13.9. The summed E-state index contributed by atoms with van der Waals surface area (Å²) in [5.41, 5.74) is 4.31. The number of nitrogens with two attached hydrogens (primary N) is 1. The number of hydrogen-bond donors (Lipinski definition) is 1. The van der Waals surface area contributed by atoms with Crippen molar-refractivity contribution in [3.63, 3.8) is 0 Å². The van der Waals surface area contributed by atoms with Crippen LogP contribution < -0.4 is 5.73 Å². The Balaban J connectivity index is 1.92. The maximum atomic E-state index is 13.9. The Morgan fingerprint density at radius 2 is 1.73 bits per heavy atom. The van der Waals surface area contributed by atoms with Crippen molar-refractivity contribution in [3.05, 3.63) is 69.5 Å². The molecule has 2 saturated heterocycles. The molecular weight excluding hydrogens is 563 g/mol. The molecule has 0 aliphatic carbocycles. The second-order valence-electron chi connectivity index (χ2n) is 9.03. The van der Waals surface area contributed by atoms with E-state index in [0.29, 0.717) is 10.6 Å². The standard InChI is InChI=1S/C24H23Cl3N4O5S/c1-14(2)29-13-24(23(28)34)30(37(35,36)20-8-7-17(26)12-18(20)27)10-9-21(32)31(24)19(22(29)33)11-15-3-5-16(25)6-4-15/h3-8,12,14,19H,10-11,13H2,1-2H3,(H2,28,34). The average molecular weight is 586 g/mol. The molecule has 13 heteroatoms. The first-order valence-corrected chi connectivity index (χ1v) is 13.8. The number of fused-ring (bicyclic) bond motifs is 1. The molecule has 2 aromatic carbocycles. The van der Waals surface area contributed by atoms with Gasteiger partial charge in [0.15, 0.2) is 0 Å². The van der Waals surface area contributed by atoms with Crippen LogP contribution in [0.5, 0.6) is 0 Å². The molecule has 2 radical (unpaired) electrons. The van der Waals surface area contributed by atoms with Gasteiger partial charge in [-0.25, -0.2) is 8.42 Å². The molecule has 9 nitrogen and oxygen atoms in total. The number of piperazine rings is 1. The minimum atomic E-state index is -4.55. The molecule has 2 atom stereocenters. The zero-order valence-electron chi connectivity index (χ0n) is 19.8. The van der Waals surface area contributed by atoms with Gasteiger partial charge in [0.25, 0.3) is 5.91 Å². The lowest BCUT2D eigenvalue weighted by molar-refractivity contribution is -0.182. The third-order valence-corrected chi connectivity index (χ3v) is 9.33. The number of hydrogen-bond acceptors (Lipinski definition) is 5. The number of benzene rings is 2. The van der Waals surface area contributed by atoms with Crippen LogP contribution in [0.2, 0.25) is 15.1 Å². The molecule has 0 saturated carbocycles. The summed E-state index contributed by atoms with van der Waals surface area (Å²) in [5, 5.41) is 0.502. The van der Waals surface area contributed by atoms with Crippen molar-refractivity contribution in [2.75, 3.05) is 13.1 Å². The van der Waals surface area contributed by atoms with Crippen molar-refractivity contribution in [3.8, 4) is 0 Å². The number of sulfonamides is 1. The summed E-state index contributed by atoms with van der Waals surface area (Å²) < 4.78 is 28.7. The van der Waals surface area contributed by atoms with Crippen molar-refractivity contribution in [2.24, 2.45) is 5.73 Å². The summed E-state index contributed by atoms with van der Waals surface area (Å²) in [5.74, 6) is -2.38. The van der Waals surface area contributed by atoms with E-state index < -0.39 is 58.6 Å². The lowest BCUT2D eigenvalue weighted by Gasteiger charge is -2.58. The van der Waals surface area contributed by atoms with Crippen molar-refractivity contribution in [1.29, 1.82) is 0 Å². The van der Waals surface area contributed by atoms with Gasteiger partial charge in [-0.2, -0.15) is 4.31 Å². The summed E-state index contributed by atoms with van der Waals surface area (Å²) >= 11 is 18.2. The number of carbonyl (C=O) groups excluding carboxylic acids is 3. The van der Waals surface area contributed by atoms with Gasteiger partial charge in [-0.1, -0.05) is 46.9 Å². The molecule has 0 aromatic heterocycles. The number of primary amides is 1. The maximum Gasteiger partial charge on any atom is 0.261 e. The van der Waals surface area contributed by atoms with Crippen molar-refractivity contribution >= 4 is 62.5 Å². The summed E-state index contributed by atoms with van der Waals surface area (Å²) in [7, 11) is -4.55. The number of nitrogens with zero attached hydrogens (tertiary/aromatic N) is 3. The Hall–Kier alpha value is -2.37. The normalized spacial score (nSPS) is 22.9. The van der Waals surface area contributed by atoms with Crippen LogP contribution in [0, 0.1) is 6.42 Å². The average Bonchev–Trinajstić information content (AvgIpc) is 2.81. The molecular formula is C24H23Cl3N4O5S. The molecule has 2 heterocycles. The van der Waals surface area contributed by atoms with Gasteiger partial charge in [0.2, 0.25) is 27.5 Å². The fourth-order valence-corrected chi connectivity index (χ4v) is 7.16. The van der Waals surface area contributed by atoms with Crippen LogP contribution >= 0.6 is 34.8 Å². The Morgan fingerprint density at radius 1 is 1.11 bits per heavy atom. The molecule has 2 aliphatic heterocycles. The Labute approximate surface area is 230 Å². The van der Waals surface area contributed by atoms with Gasteiger partial charge in [-0.3, -0.25) is 14.4 Å². The van der Waals surface area contributed by atoms with Crippen LogP contribution in [0.4, 0.5) is 0 Å². The fraction of sp³-hybridized carbons (Fsp3) is 0.333. The van der Waals surface area contributed by atoms with Gasteiger partial charge < -0.3 is 15.5 Å². The van der Waals surface area contributed by atoms with Crippen LogP contribution in [-0.4, -0.2) is 71.1 Å². The van der Waals surface area contributed by atoms with Gasteiger partial charge in [-0.15, -0.1) is 0 Å². The topological polar surface area (TPSA) is 121 Å². The van der Waals surface area contributed by atoms with E-state index >= 15 is 0 Å². The lowest BCUT2D eigenvalue weighted by Crippen LogP contribution is -2.83. The van der Waals surface area contributed by atoms with Crippen LogP contribution in [0.15, 0.2) is 47.4 Å². The summed E-state index contributed by atoms with van der Waals surface area (Å²) in [6.07, 6.45) is 2.46. The highest BCUT2D eigenvalue weighted by Gasteiger charge is 2.64. The van der Waals surface area contributed by atoms with Gasteiger partial charge in [0.1, 0.15) is 10.9 Å². The largest absolute Gasteiger partial charge is 0.366 e. The number of amides is 3. The summed E-state index contributed by atoms with van der Waals surface area (Å²) in [6, 6.07) is 8.72. The number of halogens is 3. The molecule has 2 unspecified atom stereocenters. The highest BCUT2D eigenvalue weighted by Crippen LogP contribution is 2.40. The molecule has 2 aromatic rings. The van der Waals surface area contributed by atoms with E-state index in [1.165, 1.54) is 23.1 Å². The molecule has 4 rings (SSSR count). The van der Waals surface area contributed by atoms with E-state index in [-0.39, 0.29) is 21.4 Å². The van der Waals surface area contributed by atoms with Crippen LogP contribution in [0.3, 0.4) is 0 Å². The van der Waals surface area contributed by atoms with Crippen LogP contribution in [0.1, 0.15) is 19.4 Å². The van der Waals surface area contributed by atoms with Crippen molar-refractivity contribution in [2.45, 2.75) is 42.9 Å². The zero-order valence-corrected chi connectivity index (χ0v) is 22.9. The van der Waals surface area contributed by atoms with E-state index in [9.17, 15) is 22.8 Å². The van der Waals surface area contributed by atoms with Gasteiger partial charge >= 0.3 is 0 Å². The van der Waals surface area contributed by atoms with Crippen LogP contribution in [0.25, 0.3) is 0 Å². The molecule has 3 amide bonds. The van der Waals surface area contributed by atoms with E-state index in [0.717, 1.165) is 9.21 Å². The zero-order chi connectivity index (χ0) is 27.3. The molecule has 2 aliphatic rings. The summed E-state index contributed by atoms with van der Waals surface area (Å²) in [6.45, 7) is 2.40. The van der Waals surface area contributed by atoms with E-state index in [1.54, 1.807) is 38.1 Å².